The number of alkyl halides is 3. The second-order valence-electron chi connectivity index (χ2n) is 9.74. The molecular weight excluding hydrogens is 591 g/mol. The normalized spacial score (nSPS) is 12.4. The average Bonchev–Trinajstić information content (AvgIpc) is 2.92. The van der Waals surface area contributed by atoms with Gasteiger partial charge in [-0.25, -0.2) is 8.42 Å². The number of nitrogens with zero attached hydrogens (tertiary/aromatic N) is 2. The summed E-state index contributed by atoms with van der Waals surface area (Å²) in [5, 5.41) is 3.25. The Balaban J connectivity index is 1.88. The summed E-state index contributed by atoms with van der Waals surface area (Å²) in [5.41, 5.74) is 0.397. The van der Waals surface area contributed by atoms with Crippen molar-refractivity contribution in [3.8, 4) is 0 Å². The maximum atomic E-state index is 13.7. The minimum atomic E-state index is -4.65. The van der Waals surface area contributed by atoms with Crippen LogP contribution in [0.4, 0.5) is 18.9 Å². The summed E-state index contributed by atoms with van der Waals surface area (Å²) in [6.07, 6.45) is -3.68. The lowest BCUT2D eigenvalue weighted by molar-refractivity contribution is -0.141. The Hall–Kier alpha value is -3.57. The van der Waals surface area contributed by atoms with E-state index in [2.05, 4.69) is 5.32 Å². The standard InChI is InChI=1S/C30H33ClF3N3O4S/c1-3-35-29(39)27(19-22-10-5-4-6-11-22)36(21-23-12-7-14-25(31)18-23)28(38)16-9-17-37(42(2,40)41)26-15-8-13-24(20-26)30(32,33)34/h4-8,10-15,18,20,27H,3,9,16-17,19,21H2,1-2H3,(H,35,39)/t27-/m1/s1. The topological polar surface area (TPSA) is 86.8 Å². The molecule has 0 fully saturated rings. The molecule has 3 rings (SSSR count). The van der Waals surface area contributed by atoms with Gasteiger partial charge in [0.2, 0.25) is 21.8 Å². The zero-order valence-corrected chi connectivity index (χ0v) is 24.8. The molecule has 0 aliphatic heterocycles. The molecule has 0 heterocycles. The number of anilines is 1. The molecule has 3 aromatic rings. The summed E-state index contributed by atoms with van der Waals surface area (Å²) in [4.78, 5) is 28.4. The van der Waals surface area contributed by atoms with Crippen LogP contribution in [0.5, 0.6) is 0 Å². The van der Waals surface area contributed by atoms with Crippen LogP contribution in [0.1, 0.15) is 36.5 Å². The third kappa shape index (κ3) is 9.49. The molecule has 0 aliphatic carbocycles. The summed E-state index contributed by atoms with van der Waals surface area (Å²) in [6, 6.07) is 19.3. The van der Waals surface area contributed by atoms with Crippen LogP contribution in [0.25, 0.3) is 0 Å². The number of halogens is 4. The Labute approximate surface area is 249 Å². The molecule has 7 nitrogen and oxygen atoms in total. The molecule has 42 heavy (non-hydrogen) atoms. The van der Waals surface area contributed by atoms with E-state index >= 15 is 0 Å². The number of nitrogens with one attached hydrogen (secondary N) is 1. The fourth-order valence-corrected chi connectivity index (χ4v) is 5.69. The Bertz CT molecular complexity index is 1470. The highest BCUT2D eigenvalue weighted by Gasteiger charge is 2.32. The number of sulfonamides is 1. The van der Waals surface area contributed by atoms with E-state index in [-0.39, 0.29) is 43.9 Å². The van der Waals surface area contributed by atoms with Gasteiger partial charge in [0, 0.05) is 37.5 Å². The fourth-order valence-electron chi connectivity index (χ4n) is 4.52. The first kappa shape index (κ1) is 32.9. The smallest absolute Gasteiger partial charge is 0.355 e. The fraction of sp³-hybridized carbons (Fsp3) is 0.333. The molecule has 0 saturated heterocycles. The van der Waals surface area contributed by atoms with Gasteiger partial charge in [-0.2, -0.15) is 13.2 Å². The van der Waals surface area contributed by atoms with E-state index < -0.39 is 33.7 Å². The Morgan fingerprint density at radius 3 is 2.24 bits per heavy atom. The van der Waals surface area contributed by atoms with Crippen molar-refractivity contribution >= 4 is 39.1 Å². The largest absolute Gasteiger partial charge is 0.416 e. The number of hydrogen-bond donors (Lipinski definition) is 1. The molecule has 1 atom stereocenters. The van der Waals surface area contributed by atoms with Gasteiger partial charge in [-0.15, -0.1) is 0 Å². The van der Waals surface area contributed by atoms with Crippen molar-refractivity contribution in [3.63, 3.8) is 0 Å². The van der Waals surface area contributed by atoms with Crippen molar-refractivity contribution in [2.24, 2.45) is 0 Å². The SMILES string of the molecule is CCNC(=O)[C@@H](Cc1ccccc1)N(Cc1cccc(Cl)c1)C(=O)CCCN(c1cccc(C(F)(F)F)c1)S(C)(=O)=O. The average molecular weight is 624 g/mol. The van der Waals surface area contributed by atoms with Crippen LogP contribution in [0.15, 0.2) is 78.9 Å². The summed E-state index contributed by atoms with van der Waals surface area (Å²) < 4.78 is 65.7. The van der Waals surface area contributed by atoms with Crippen molar-refractivity contribution in [3.05, 3.63) is 101 Å². The third-order valence-corrected chi connectivity index (χ3v) is 7.91. The van der Waals surface area contributed by atoms with Crippen LogP contribution < -0.4 is 9.62 Å². The van der Waals surface area contributed by atoms with Gasteiger partial charge in [0.25, 0.3) is 0 Å². The highest BCUT2D eigenvalue weighted by atomic mass is 35.5. The van der Waals surface area contributed by atoms with Crippen molar-refractivity contribution in [1.82, 2.24) is 10.2 Å². The zero-order chi connectivity index (χ0) is 30.9. The summed E-state index contributed by atoms with van der Waals surface area (Å²) in [6.45, 7) is 1.95. The molecule has 2 amide bonds. The summed E-state index contributed by atoms with van der Waals surface area (Å²) in [7, 11) is -3.97. The number of carbonyl (C=O) groups is 2. The minimum Gasteiger partial charge on any atom is -0.355 e. The predicted octanol–water partition coefficient (Wildman–Crippen LogP) is 5.68. The molecule has 226 valence electrons. The van der Waals surface area contributed by atoms with Gasteiger partial charge in [0.05, 0.1) is 17.5 Å². The van der Waals surface area contributed by atoms with E-state index in [1.165, 1.54) is 11.0 Å². The number of amides is 2. The van der Waals surface area contributed by atoms with Gasteiger partial charge in [0.15, 0.2) is 0 Å². The van der Waals surface area contributed by atoms with E-state index in [1.807, 2.05) is 30.3 Å². The first-order valence-electron chi connectivity index (χ1n) is 13.3. The first-order chi connectivity index (χ1) is 19.8. The van der Waals surface area contributed by atoms with Crippen molar-refractivity contribution in [2.45, 2.75) is 44.9 Å². The Morgan fingerprint density at radius 2 is 1.62 bits per heavy atom. The lowest BCUT2D eigenvalue weighted by Gasteiger charge is -2.32. The molecule has 0 aliphatic rings. The molecule has 0 radical (unpaired) electrons. The minimum absolute atomic E-state index is 0.00164. The maximum Gasteiger partial charge on any atom is 0.416 e. The number of likely N-dealkylation sites (N-methyl/N-ethyl adjacent to an activating group) is 1. The van der Waals surface area contributed by atoms with Gasteiger partial charge < -0.3 is 10.2 Å². The Kier molecular flexibility index (Phi) is 11.4. The van der Waals surface area contributed by atoms with Crippen molar-refractivity contribution < 1.29 is 31.2 Å². The van der Waals surface area contributed by atoms with Gasteiger partial charge in [-0.1, -0.05) is 60.1 Å². The van der Waals surface area contributed by atoms with Gasteiger partial charge in [-0.3, -0.25) is 13.9 Å². The second-order valence-corrected chi connectivity index (χ2v) is 12.1. The van der Waals surface area contributed by atoms with Crippen LogP contribution in [-0.2, 0) is 38.8 Å². The quantitative estimate of drug-likeness (QED) is 0.265. The predicted molar refractivity (Wildman–Crippen MR) is 157 cm³/mol. The molecular formula is C30H33ClF3N3O4S. The summed E-state index contributed by atoms with van der Waals surface area (Å²) >= 11 is 6.17. The maximum absolute atomic E-state index is 13.7. The molecule has 3 aromatic carbocycles. The van der Waals surface area contributed by atoms with Gasteiger partial charge >= 0.3 is 6.18 Å². The molecule has 0 saturated carbocycles. The van der Waals surface area contributed by atoms with E-state index in [0.717, 1.165) is 34.3 Å². The highest BCUT2D eigenvalue weighted by Crippen LogP contribution is 2.32. The van der Waals surface area contributed by atoms with Crippen LogP contribution >= 0.6 is 11.6 Å². The molecule has 0 spiro atoms. The second kappa shape index (κ2) is 14.6. The monoisotopic (exact) mass is 623 g/mol. The Morgan fingerprint density at radius 1 is 0.952 bits per heavy atom. The first-order valence-corrected chi connectivity index (χ1v) is 15.5. The van der Waals surface area contributed by atoms with Gasteiger partial charge in [-0.05, 0) is 54.8 Å². The molecule has 0 aromatic heterocycles. The van der Waals surface area contributed by atoms with Crippen LogP contribution in [0.3, 0.4) is 0 Å². The molecule has 0 bridgehead atoms. The third-order valence-electron chi connectivity index (χ3n) is 6.48. The van der Waals surface area contributed by atoms with Crippen LogP contribution in [-0.4, -0.2) is 50.5 Å². The number of carbonyl (C=O) groups excluding carboxylic acids is 2. The van der Waals surface area contributed by atoms with Crippen molar-refractivity contribution in [2.75, 3.05) is 23.7 Å². The van der Waals surface area contributed by atoms with Crippen LogP contribution in [0.2, 0.25) is 5.02 Å². The highest BCUT2D eigenvalue weighted by molar-refractivity contribution is 7.92. The zero-order valence-electron chi connectivity index (χ0n) is 23.3. The number of rotatable bonds is 13. The van der Waals surface area contributed by atoms with E-state index in [1.54, 1.807) is 31.2 Å². The van der Waals surface area contributed by atoms with Gasteiger partial charge in [0.1, 0.15) is 6.04 Å². The van der Waals surface area contributed by atoms with E-state index in [0.29, 0.717) is 17.1 Å². The van der Waals surface area contributed by atoms with E-state index in [4.69, 9.17) is 11.6 Å². The lowest BCUT2D eigenvalue weighted by atomic mass is 10.0. The number of benzene rings is 3. The lowest BCUT2D eigenvalue weighted by Crippen LogP contribution is -2.50. The van der Waals surface area contributed by atoms with E-state index in [9.17, 15) is 31.2 Å². The molecule has 0 unspecified atom stereocenters. The van der Waals surface area contributed by atoms with Crippen LogP contribution in [0, 0.1) is 0 Å². The molecule has 1 N–H and O–H groups in total. The molecule has 12 heteroatoms. The number of hydrogen-bond acceptors (Lipinski definition) is 4. The van der Waals surface area contributed by atoms with Crippen molar-refractivity contribution in [1.29, 1.82) is 0 Å². The summed E-state index contributed by atoms with van der Waals surface area (Å²) in [5.74, 6) is -0.766.